The van der Waals surface area contributed by atoms with Crippen molar-refractivity contribution in [3.05, 3.63) is 77.1 Å². The van der Waals surface area contributed by atoms with Gasteiger partial charge in [-0.15, -0.1) is 0 Å². The summed E-state index contributed by atoms with van der Waals surface area (Å²) in [4.78, 5) is 30.5. The van der Waals surface area contributed by atoms with Crippen LogP contribution in [0, 0.1) is 0 Å². The number of morpholine rings is 1. The minimum absolute atomic E-state index is 0.0325. The lowest BCUT2D eigenvalue weighted by atomic mass is 9.94. The quantitative estimate of drug-likeness (QED) is 0.509. The molecule has 0 aromatic heterocycles. The highest BCUT2D eigenvalue weighted by atomic mass is 16.5. The van der Waals surface area contributed by atoms with Gasteiger partial charge in [-0.1, -0.05) is 36.4 Å². The molecule has 0 unspecified atom stereocenters. The van der Waals surface area contributed by atoms with Crippen LogP contribution < -0.4 is 9.47 Å². The van der Waals surface area contributed by atoms with Gasteiger partial charge in [-0.3, -0.25) is 14.5 Å². The summed E-state index contributed by atoms with van der Waals surface area (Å²) < 4.78 is 16.4. The SMILES string of the molecule is COc1ccc(OC)c([C@@H]2C(C(=O)/C=C\c3ccccc3)=C(O)C(=O)N2CCCN2CCOCC2)c1. The van der Waals surface area contributed by atoms with Gasteiger partial charge in [0.2, 0.25) is 0 Å². The predicted molar refractivity (Wildman–Crippen MR) is 136 cm³/mol. The van der Waals surface area contributed by atoms with Crippen LogP contribution in [0.4, 0.5) is 0 Å². The van der Waals surface area contributed by atoms with E-state index in [4.69, 9.17) is 14.2 Å². The highest BCUT2D eigenvalue weighted by molar-refractivity contribution is 6.14. The molecule has 1 amide bonds. The van der Waals surface area contributed by atoms with Gasteiger partial charge in [0.05, 0.1) is 39.0 Å². The van der Waals surface area contributed by atoms with Gasteiger partial charge < -0.3 is 24.2 Å². The zero-order valence-corrected chi connectivity index (χ0v) is 20.7. The molecule has 2 aromatic rings. The summed E-state index contributed by atoms with van der Waals surface area (Å²) >= 11 is 0. The zero-order valence-electron chi connectivity index (χ0n) is 20.7. The number of nitrogens with zero attached hydrogens (tertiary/aromatic N) is 2. The Kier molecular flexibility index (Phi) is 8.40. The molecule has 2 heterocycles. The van der Waals surface area contributed by atoms with Crippen molar-refractivity contribution in [2.24, 2.45) is 0 Å². The molecule has 1 saturated heterocycles. The standard InChI is InChI=1S/C28H32N2O6/c1-34-21-10-12-24(35-2)22(19-21)26-25(23(31)11-9-20-7-4-3-5-8-20)27(32)28(33)30(26)14-6-13-29-15-17-36-18-16-29/h3-5,7-12,19,26,32H,6,13-18H2,1-2H3/b11-9-/t26-/m1/s1. The Balaban J connectivity index is 1.66. The molecular formula is C28H32N2O6. The lowest BCUT2D eigenvalue weighted by molar-refractivity contribution is -0.129. The fourth-order valence-corrected chi connectivity index (χ4v) is 4.63. The van der Waals surface area contributed by atoms with Gasteiger partial charge >= 0.3 is 0 Å². The maximum absolute atomic E-state index is 13.4. The van der Waals surface area contributed by atoms with Crippen LogP contribution in [0.1, 0.15) is 23.6 Å². The van der Waals surface area contributed by atoms with Crippen molar-refractivity contribution in [1.29, 1.82) is 0 Å². The molecule has 1 fully saturated rings. The molecule has 1 atom stereocenters. The van der Waals surface area contributed by atoms with Gasteiger partial charge in [-0.25, -0.2) is 0 Å². The van der Waals surface area contributed by atoms with Crippen LogP contribution in [-0.2, 0) is 14.3 Å². The predicted octanol–water partition coefficient (Wildman–Crippen LogP) is 3.40. The van der Waals surface area contributed by atoms with E-state index < -0.39 is 23.5 Å². The van der Waals surface area contributed by atoms with Gasteiger partial charge in [0.1, 0.15) is 11.5 Å². The molecular weight excluding hydrogens is 460 g/mol. The minimum atomic E-state index is -0.805. The molecule has 2 aliphatic rings. The molecule has 8 nitrogen and oxygen atoms in total. The van der Waals surface area contributed by atoms with Gasteiger partial charge in [-0.05, 0) is 36.3 Å². The van der Waals surface area contributed by atoms with Gasteiger partial charge in [0.25, 0.3) is 5.91 Å². The molecule has 2 aromatic carbocycles. The summed E-state index contributed by atoms with van der Waals surface area (Å²) in [5.74, 6) is -0.471. The minimum Gasteiger partial charge on any atom is -0.503 e. The number of methoxy groups -OCH3 is 2. The van der Waals surface area contributed by atoms with E-state index in [-0.39, 0.29) is 5.57 Å². The average Bonchev–Trinajstić information content (AvgIpc) is 3.17. The summed E-state index contributed by atoms with van der Waals surface area (Å²) in [7, 11) is 3.08. The van der Waals surface area contributed by atoms with Gasteiger partial charge in [0, 0.05) is 31.7 Å². The van der Waals surface area contributed by atoms with Crippen LogP contribution in [0.15, 0.2) is 65.9 Å². The molecule has 36 heavy (non-hydrogen) atoms. The second-order valence-electron chi connectivity index (χ2n) is 8.69. The lowest BCUT2D eigenvalue weighted by Crippen LogP contribution is -2.39. The molecule has 1 N–H and O–H groups in total. The van der Waals surface area contributed by atoms with E-state index in [1.807, 2.05) is 30.3 Å². The van der Waals surface area contributed by atoms with E-state index in [0.717, 1.165) is 25.2 Å². The highest BCUT2D eigenvalue weighted by Gasteiger charge is 2.44. The number of carbonyl (C=O) groups excluding carboxylic acids is 2. The summed E-state index contributed by atoms with van der Waals surface area (Å²) in [6.45, 7) is 4.23. The summed E-state index contributed by atoms with van der Waals surface area (Å²) in [6.07, 6.45) is 3.75. The van der Waals surface area contributed by atoms with Gasteiger partial charge in [0.15, 0.2) is 11.5 Å². The van der Waals surface area contributed by atoms with Crippen molar-refractivity contribution in [3.63, 3.8) is 0 Å². The Labute approximate surface area is 211 Å². The van der Waals surface area contributed by atoms with Crippen molar-refractivity contribution < 1.29 is 28.9 Å². The number of aliphatic hydroxyl groups is 1. The monoisotopic (exact) mass is 492 g/mol. The maximum Gasteiger partial charge on any atom is 0.290 e. The number of ether oxygens (including phenoxy) is 3. The maximum atomic E-state index is 13.4. The third kappa shape index (κ3) is 5.61. The Morgan fingerprint density at radius 2 is 1.83 bits per heavy atom. The second kappa shape index (κ2) is 11.9. The first-order chi connectivity index (χ1) is 17.5. The van der Waals surface area contributed by atoms with E-state index in [1.54, 1.807) is 36.3 Å². The Bertz CT molecular complexity index is 1140. The first-order valence-corrected chi connectivity index (χ1v) is 12.1. The number of amides is 1. The highest BCUT2D eigenvalue weighted by Crippen LogP contribution is 2.43. The average molecular weight is 493 g/mol. The van der Waals surface area contributed by atoms with Crippen molar-refractivity contribution in [2.75, 3.05) is 53.6 Å². The fourth-order valence-electron chi connectivity index (χ4n) is 4.63. The number of hydrogen-bond donors (Lipinski definition) is 1. The molecule has 190 valence electrons. The van der Waals surface area contributed by atoms with Crippen LogP contribution in [0.2, 0.25) is 0 Å². The van der Waals surface area contributed by atoms with Crippen molar-refractivity contribution >= 4 is 17.8 Å². The first kappa shape index (κ1) is 25.5. The number of carbonyl (C=O) groups is 2. The van der Waals surface area contributed by atoms with Crippen molar-refractivity contribution in [3.8, 4) is 11.5 Å². The van der Waals surface area contributed by atoms with E-state index in [1.165, 1.54) is 13.2 Å². The van der Waals surface area contributed by atoms with E-state index >= 15 is 0 Å². The van der Waals surface area contributed by atoms with E-state index in [9.17, 15) is 14.7 Å². The molecule has 0 saturated carbocycles. The van der Waals surface area contributed by atoms with Crippen LogP contribution >= 0.6 is 0 Å². The van der Waals surface area contributed by atoms with Crippen LogP contribution in [0.3, 0.4) is 0 Å². The first-order valence-electron chi connectivity index (χ1n) is 12.1. The Morgan fingerprint density at radius 3 is 2.53 bits per heavy atom. The van der Waals surface area contributed by atoms with Crippen LogP contribution in [-0.4, -0.2) is 80.2 Å². The van der Waals surface area contributed by atoms with E-state index in [0.29, 0.717) is 43.2 Å². The Hall–Kier alpha value is -3.62. The number of ketones is 1. The molecule has 0 aliphatic carbocycles. The van der Waals surface area contributed by atoms with Gasteiger partial charge in [-0.2, -0.15) is 0 Å². The van der Waals surface area contributed by atoms with Crippen molar-refractivity contribution in [1.82, 2.24) is 9.80 Å². The summed E-state index contributed by atoms with van der Waals surface area (Å²) in [5, 5.41) is 10.9. The molecule has 0 bridgehead atoms. The Morgan fingerprint density at radius 1 is 1.08 bits per heavy atom. The summed E-state index contributed by atoms with van der Waals surface area (Å²) in [6, 6.07) is 13.8. The van der Waals surface area contributed by atoms with Crippen molar-refractivity contribution in [2.45, 2.75) is 12.5 Å². The summed E-state index contributed by atoms with van der Waals surface area (Å²) in [5.41, 5.74) is 1.45. The molecule has 8 heteroatoms. The molecule has 0 radical (unpaired) electrons. The third-order valence-electron chi connectivity index (χ3n) is 6.50. The molecule has 4 rings (SSSR count). The van der Waals surface area contributed by atoms with Crippen LogP contribution in [0.25, 0.3) is 6.08 Å². The van der Waals surface area contributed by atoms with E-state index in [2.05, 4.69) is 4.90 Å². The lowest BCUT2D eigenvalue weighted by Gasteiger charge is -2.30. The third-order valence-corrected chi connectivity index (χ3v) is 6.50. The fraction of sp³-hybridized carbons (Fsp3) is 0.357. The molecule has 2 aliphatic heterocycles. The second-order valence-corrected chi connectivity index (χ2v) is 8.69. The number of allylic oxidation sites excluding steroid dienone is 1. The largest absolute Gasteiger partial charge is 0.503 e. The zero-order chi connectivity index (χ0) is 25.5. The number of hydrogen-bond acceptors (Lipinski definition) is 7. The smallest absolute Gasteiger partial charge is 0.290 e. The molecule has 0 spiro atoms. The number of benzene rings is 2. The number of aliphatic hydroxyl groups excluding tert-OH is 1. The van der Waals surface area contributed by atoms with Crippen LogP contribution in [0.5, 0.6) is 11.5 Å². The normalized spacial score (nSPS) is 18.8. The topological polar surface area (TPSA) is 88.5 Å². The number of rotatable bonds is 10.